The van der Waals surface area contributed by atoms with Gasteiger partial charge in [-0.05, 0) is 78.6 Å². The number of rotatable bonds is 4. The minimum Gasteiger partial charge on any atom is -0.529 e. The van der Waals surface area contributed by atoms with Crippen molar-refractivity contribution in [3.63, 3.8) is 0 Å². The Kier molecular flexibility index (Phi) is 7.08. The molecule has 0 aromatic carbocycles. The van der Waals surface area contributed by atoms with E-state index in [1.54, 1.807) is 0 Å². The van der Waals surface area contributed by atoms with Crippen LogP contribution in [0.4, 0.5) is 0 Å². The van der Waals surface area contributed by atoms with E-state index in [0.717, 1.165) is 0 Å². The van der Waals surface area contributed by atoms with Crippen molar-refractivity contribution in [2.24, 2.45) is 9.32 Å². The molecule has 0 N–H and O–H groups in total. The van der Waals surface area contributed by atoms with Crippen LogP contribution in [-0.4, -0.2) is 44.9 Å². The first kappa shape index (κ1) is 21.8. The average molecular weight is 377 g/mol. The van der Waals surface area contributed by atoms with Gasteiger partial charge in [0.2, 0.25) is 28.4 Å². The van der Waals surface area contributed by atoms with E-state index in [-0.39, 0.29) is 0 Å². The normalized spacial score (nSPS) is 15.8. The van der Waals surface area contributed by atoms with Gasteiger partial charge in [-0.15, -0.1) is 0 Å². The van der Waals surface area contributed by atoms with E-state index in [2.05, 4.69) is 78.6 Å². The molecule has 0 heterocycles. The van der Waals surface area contributed by atoms with Gasteiger partial charge in [0.05, 0.1) is 0 Å². The summed E-state index contributed by atoms with van der Waals surface area (Å²) in [7, 11) is -6.90. The first-order chi connectivity index (χ1) is 9.38. The Hall–Kier alpha value is -0.192. The zero-order chi connectivity index (χ0) is 18.0. The Labute approximate surface area is 141 Å². The maximum absolute atomic E-state index is 6.28. The molecular weight excluding hydrogens is 341 g/mol. The lowest BCUT2D eigenvalue weighted by Crippen LogP contribution is -2.42. The lowest BCUT2D eigenvalue weighted by atomic mass is 10.7. The average Bonchev–Trinajstić information content (AvgIpc) is 2.05. The summed E-state index contributed by atoms with van der Waals surface area (Å²) >= 11 is 0. The molecule has 130 valence electrons. The number of hydrogen-bond donors (Lipinski definition) is 0. The summed E-state index contributed by atoms with van der Waals surface area (Å²) in [4.78, 5) is 0. The van der Waals surface area contributed by atoms with Crippen molar-refractivity contribution in [2.45, 2.75) is 78.6 Å². The Morgan fingerprint density at radius 3 is 0.864 bits per heavy atom. The standard InChI is InChI=1S/C14H36N2O2Si4/c1-19(2,3)15-13(17-21(7,8)9)14(16-20(4,5)6)18-22(10,11)12/h1-12H3/b15-13+,16-14+. The molecule has 8 heteroatoms. The number of nitrogens with zero attached hydrogens (tertiary/aromatic N) is 2. The van der Waals surface area contributed by atoms with E-state index in [4.69, 9.17) is 18.2 Å². The Morgan fingerprint density at radius 1 is 0.500 bits per heavy atom. The second kappa shape index (κ2) is 7.14. The molecule has 0 amide bonds. The van der Waals surface area contributed by atoms with Crippen LogP contribution in [0, 0.1) is 0 Å². The van der Waals surface area contributed by atoms with E-state index in [9.17, 15) is 0 Å². The van der Waals surface area contributed by atoms with Gasteiger partial charge in [0.15, 0.2) is 16.5 Å². The van der Waals surface area contributed by atoms with Crippen molar-refractivity contribution in [3.8, 4) is 0 Å². The molecular formula is C14H36N2O2Si4. The Bertz CT molecular complexity index is 394. The highest BCUT2D eigenvalue weighted by Crippen LogP contribution is 2.15. The van der Waals surface area contributed by atoms with E-state index < -0.39 is 33.1 Å². The second-order valence-electron chi connectivity index (χ2n) is 9.60. The summed E-state index contributed by atoms with van der Waals surface area (Å²) in [5, 5.41) is 0. The maximum atomic E-state index is 6.28. The van der Waals surface area contributed by atoms with E-state index in [1.807, 2.05) is 0 Å². The minimum absolute atomic E-state index is 0.656. The van der Waals surface area contributed by atoms with Gasteiger partial charge in [-0.3, -0.25) is 9.32 Å². The molecule has 22 heavy (non-hydrogen) atoms. The van der Waals surface area contributed by atoms with Crippen molar-refractivity contribution in [1.29, 1.82) is 0 Å². The van der Waals surface area contributed by atoms with Crippen molar-refractivity contribution < 1.29 is 8.85 Å². The molecule has 0 saturated heterocycles. The third-order valence-electron chi connectivity index (χ3n) is 1.86. The van der Waals surface area contributed by atoms with E-state index in [1.165, 1.54) is 0 Å². The SMILES string of the molecule is C[Si](C)(C)/N=C(O[Si](C)(C)C)\C(=N/[Si](C)(C)C)O[Si](C)(C)C. The lowest BCUT2D eigenvalue weighted by Gasteiger charge is -2.29. The van der Waals surface area contributed by atoms with Crippen molar-refractivity contribution in [1.82, 2.24) is 0 Å². The highest BCUT2D eigenvalue weighted by atomic mass is 28.4. The quantitative estimate of drug-likeness (QED) is 0.386. The molecule has 0 spiro atoms. The summed E-state index contributed by atoms with van der Waals surface area (Å²) in [6.07, 6.45) is 0. The summed E-state index contributed by atoms with van der Waals surface area (Å²) in [5.74, 6) is 1.31. The molecule has 4 nitrogen and oxygen atoms in total. The van der Waals surface area contributed by atoms with Gasteiger partial charge >= 0.3 is 0 Å². The van der Waals surface area contributed by atoms with Gasteiger partial charge in [-0.25, -0.2) is 0 Å². The molecule has 0 aliphatic rings. The van der Waals surface area contributed by atoms with Crippen LogP contribution in [0.25, 0.3) is 0 Å². The topological polar surface area (TPSA) is 43.2 Å². The summed E-state index contributed by atoms with van der Waals surface area (Å²) in [6.45, 7) is 26.3. The third-order valence-corrected chi connectivity index (χ3v) is 5.22. The first-order valence-electron chi connectivity index (χ1n) is 7.96. The van der Waals surface area contributed by atoms with Crippen LogP contribution in [0.2, 0.25) is 78.6 Å². The summed E-state index contributed by atoms with van der Waals surface area (Å²) in [5.41, 5.74) is 0. The van der Waals surface area contributed by atoms with E-state index >= 15 is 0 Å². The molecule has 0 unspecified atom stereocenters. The minimum atomic E-state index is -1.77. The second-order valence-corrected chi connectivity index (χ2v) is 27.6. The zero-order valence-electron chi connectivity index (χ0n) is 16.7. The highest BCUT2D eigenvalue weighted by Gasteiger charge is 2.30. The van der Waals surface area contributed by atoms with Crippen LogP contribution in [0.3, 0.4) is 0 Å². The van der Waals surface area contributed by atoms with Crippen molar-refractivity contribution in [3.05, 3.63) is 0 Å². The zero-order valence-corrected chi connectivity index (χ0v) is 20.7. The largest absolute Gasteiger partial charge is 0.529 e. The van der Waals surface area contributed by atoms with Gasteiger partial charge in [0.1, 0.15) is 0 Å². The van der Waals surface area contributed by atoms with Crippen molar-refractivity contribution in [2.75, 3.05) is 0 Å². The van der Waals surface area contributed by atoms with Gasteiger partial charge in [-0.1, -0.05) is 0 Å². The third kappa shape index (κ3) is 12.4. The van der Waals surface area contributed by atoms with Gasteiger partial charge < -0.3 is 8.85 Å². The lowest BCUT2D eigenvalue weighted by molar-refractivity contribution is 0.513. The van der Waals surface area contributed by atoms with Crippen LogP contribution < -0.4 is 0 Å². The highest BCUT2D eigenvalue weighted by molar-refractivity contribution is 6.81. The molecule has 0 aromatic rings. The smallest absolute Gasteiger partial charge is 0.247 e. The molecule has 0 rings (SSSR count). The van der Waals surface area contributed by atoms with Gasteiger partial charge in [0.25, 0.3) is 0 Å². The molecule has 0 saturated carbocycles. The van der Waals surface area contributed by atoms with Crippen LogP contribution in [0.5, 0.6) is 0 Å². The van der Waals surface area contributed by atoms with Crippen LogP contribution in [-0.2, 0) is 8.85 Å². The van der Waals surface area contributed by atoms with Gasteiger partial charge in [-0.2, -0.15) is 0 Å². The maximum Gasteiger partial charge on any atom is 0.247 e. The molecule has 0 fully saturated rings. The fraction of sp³-hybridized carbons (Fsp3) is 0.857. The molecule has 0 bridgehead atoms. The summed E-state index contributed by atoms with van der Waals surface area (Å²) in [6, 6.07) is 0. The Morgan fingerprint density at radius 2 is 0.727 bits per heavy atom. The van der Waals surface area contributed by atoms with Crippen LogP contribution in [0.15, 0.2) is 9.32 Å². The Balaban J connectivity index is 5.96. The molecule has 0 aliphatic carbocycles. The predicted molar refractivity (Wildman–Crippen MR) is 110 cm³/mol. The summed E-state index contributed by atoms with van der Waals surface area (Å²) < 4.78 is 22.4. The molecule has 0 radical (unpaired) electrons. The molecule has 0 atom stereocenters. The van der Waals surface area contributed by atoms with Crippen molar-refractivity contribution >= 4 is 44.9 Å². The van der Waals surface area contributed by atoms with Gasteiger partial charge in [0, 0.05) is 0 Å². The molecule has 0 aromatic heterocycles. The number of hydrogen-bond acceptors (Lipinski definition) is 4. The first-order valence-corrected chi connectivity index (χ1v) is 21.7. The predicted octanol–water partition coefficient (Wildman–Crippen LogP) is 5.16. The van der Waals surface area contributed by atoms with Crippen LogP contribution in [0.1, 0.15) is 0 Å². The fourth-order valence-electron chi connectivity index (χ4n) is 1.42. The molecule has 0 aliphatic heterocycles. The fourth-order valence-corrected chi connectivity index (χ4v) is 4.53. The van der Waals surface area contributed by atoms with E-state index in [0.29, 0.717) is 11.8 Å². The van der Waals surface area contributed by atoms with Crippen LogP contribution >= 0.6 is 0 Å². The monoisotopic (exact) mass is 376 g/mol.